The van der Waals surface area contributed by atoms with E-state index in [0.717, 1.165) is 0 Å². The van der Waals surface area contributed by atoms with Gasteiger partial charge in [0.25, 0.3) is 0 Å². The van der Waals surface area contributed by atoms with Crippen LogP contribution in [0.15, 0.2) is 0 Å². The number of rotatable bonds is 9. The molecular weight excluding hydrogens is 368 g/mol. The van der Waals surface area contributed by atoms with Crippen molar-refractivity contribution in [2.75, 3.05) is 5.90 Å². The maximum atomic E-state index is 8.03. The summed E-state index contributed by atoms with van der Waals surface area (Å²) in [5, 5.41) is 0. The van der Waals surface area contributed by atoms with Crippen LogP contribution in [0.4, 0.5) is 0 Å². The number of halogens is 1. The molecule has 0 bridgehead atoms. The minimum absolute atomic E-state index is 0.350. The minimum atomic E-state index is -2.66. The zero-order chi connectivity index (χ0) is 19.9. The summed E-state index contributed by atoms with van der Waals surface area (Å²) in [6, 6.07) is 2.92. The van der Waals surface area contributed by atoms with Crippen molar-refractivity contribution >= 4 is 24.9 Å². The van der Waals surface area contributed by atoms with Crippen molar-refractivity contribution in [1.82, 2.24) is 14.0 Å². The van der Waals surface area contributed by atoms with E-state index in [1.807, 2.05) is 0 Å². The van der Waals surface area contributed by atoms with Gasteiger partial charge in [0.1, 0.15) is 0 Å². The molecule has 0 aromatic rings. The molecule has 0 aromatic heterocycles. The van der Waals surface area contributed by atoms with Crippen molar-refractivity contribution < 1.29 is 0 Å². The molecule has 0 aliphatic carbocycles. The first-order chi connectivity index (χ1) is 11.2. The van der Waals surface area contributed by atoms with Crippen LogP contribution in [-0.4, -0.2) is 56.2 Å². The molecule has 152 valence electrons. The average molecular weight is 412 g/mol. The molecule has 1 saturated heterocycles. The molecule has 1 rings (SSSR count). The van der Waals surface area contributed by atoms with Gasteiger partial charge in [-0.25, -0.2) is 0 Å². The van der Waals surface area contributed by atoms with Crippen LogP contribution in [0.3, 0.4) is 0 Å². The molecular formula is C19H44ClN3P2. The van der Waals surface area contributed by atoms with E-state index in [-0.39, 0.29) is 7.76 Å². The predicted molar refractivity (Wildman–Crippen MR) is 121 cm³/mol. The van der Waals surface area contributed by atoms with Crippen LogP contribution in [0.25, 0.3) is 0 Å². The first-order valence-electron chi connectivity index (χ1n) is 10.1. The van der Waals surface area contributed by atoms with Crippen LogP contribution >= 0.6 is 24.9 Å². The van der Waals surface area contributed by atoms with Crippen LogP contribution in [0.2, 0.25) is 0 Å². The molecule has 0 amide bonds. The molecule has 0 radical (unpaired) electrons. The van der Waals surface area contributed by atoms with Gasteiger partial charge in [-0.1, -0.05) is 0 Å². The Labute approximate surface area is 164 Å². The third-order valence-corrected chi connectivity index (χ3v) is 21.6. The normalized spacial score (nSPS) is 24.6. The second-order valence-electron chi connectivity index (χ2n) is 9.26. The summed E-state index contributed by atoms with van der Waals surface area (Å²) in [5.74, 6) is -1.47. The number of nitrogens with zero attached hydrogens (tertiary/aromatic N) is 3. The van der Waals surface area contributed by atoms with E-state index in [0.29, 0.717) is 36.3 Å². The zero-order valence-electron chi connectivity index (χ0n) is 18.8. The Morgan fingerprint density at radius 1 is 0.600 bits per heavy atom. The van der Waals surface area contributed by atoms with Crippen LogP contribution < -0.4 is 0 Å². The van der Waals surface area contributed by atoms with Gasteiger partial charge in [0.15, 0.2) is 0 Å². The molecule has 1 aliphatic rings. The van der Waals surface area contributed by atoms with Gasteiger partial charge >= 0.3 is 164 Å². The summed E-state index contributed by atoms with van der Waals surface area (Å²) in [6.45, 7) is 28.0. The fraction of sp³-hybridized carbons (Fsp3) is 1.00. The molecule has 1 fully saturated rings. The third kappa shape index (κ3) is 4.08. The average Bonchev–Trinajstić information content (AvgIpc) is 2.92. The standard InChI is InChI=1S/C19H44ClN3P2/c1-14(2)21(15(3)4)24-13-25(24,20,22(16(5)6)17(7)8)23(18(9)10)19(11)12/h14-19H,13H2,1-12H3. The summed E-state index contributed by atoms with van der Waals surface area (Å²) in [6.07, 6.45) is 0. The maximum absolute atomic E-state index is 8.03. The zero-order valence-corrected chi connectivity index (χ0v) is 21.3. The van der Waals surface area contributed by atoms with Crippen molar-refractivity contribution in [3.05, 3.63) is 0 Å². The van der Waals surface area contributed by atoms with Crippen LogP contribution in [0.1, 0.15) is 83.1 Å². The van der Waals surface area contributed by atoms with E-state index in [2.05, 4.69) is 97.1 Å². The van der Waals surface area contributed by atoms with Crippen LogP contribution in [0, 0.1) is 0 Å². The van der Waals surface area contributed by atoms with Gasteiger partial charge in [0, 0.05) is 0 Å². The second-order valence-corrected chi connectivity index (χ2v) is 21.3. The second kappa shape index (κ2) is 8.18. The molecule has 25 heavy (non-hydrogen) atoms. The van der Waals surface area contributed by atoms with Gasteiger partial charge in [-0.3, -0.25) is 0 Å². The summed E-state index contributed by atoms with van der Waals surface area (Å²) >= 11 is 8.03. The number of hydrogen-bond donors (Lipinski definition) is 0. The predicted octanol–water partition coefficient (Wildman–Crippen LogP) is 7.16. The van der Waals surface area contributed by atoms with E-state index >= 15 is 0 Å². The Morgan fingerprint density at radius 2 is 0.880 bits per heavy atom. The summed E-state index contributed by atoms with van der Waals surface area (Å²) in [4.78, 5) is 0. The molecule has 1 atom stereocenters. The molecule has 1 unspecified atom stereocenters. The molecule has 3 nitrogen and oxygen atoms in total. The molecule has 0 aromatic carbocycles. The Hall–Kier alpha value is 1.03. The Balaban J connectivity index is 3.60. The van der Waals surface area contributed by atoms with Crippen molar-refractivity contribution in [2.45, 2.75) is 119 Å². The Kier molecular flexibility index (Phi) is 7.88. The van der Waals surface area contributed by atoms with Gasteiger partial charge < -0.3 is 0 Å². The van der Waals surface area contributed by atoms with Gasteiger partial charge in [-0.2, -0.15) is 0 Å². The van der Waals surface area contributed by atoms with Crippen molar-refractivity contribution in [3.8, 4) is 0 Å². The Morgan fingerprint density at radius 3 is 1.08 bits per heavy atom. The fourth-order valence-corrected chi connectivity index (χ4v) is 27.1. The Bertz CT molecular complexity index is 408. The summed E-state index contributed by atoms with van der Waals surface area (Å²) < 4.78 is 8.21. The topological polar surface area (TPSA) is 9.72 Å². The molecule has 0 spiro atoms. The van der Waals surface area contributed by atoms with Gasteiger partial charge in [-0.05, 0) is 0 Å². The van der Waals surface area contributed by atoms with Gasteiger partial charge in [-0.15, -0.1) is 0 Å². The van der Waals surface area contributed by atoms with E-state index in [9.17, 15) is 0 Å². The first kappa shape index (κ1) is 24.1. The van der Waals surface area contributed by atoms with Crippen molar-refractivity contribution in [1.29, 1.82) is 0 Å². The fourth-order valence-electron chi connectivity index (χ4n) is 5.12. The SMILES string of the molecule is CC(C)N(C(C)C)P1CP1(Cl)(N(C(C)C)C(C)C)N(C(C)C)C(C)C. The monoisotopic (exact) mass is 411 g/mol. The summed E-state index contributed by atoms with van der Waals surface area (Å²) in [5.41, 5.74) is 0. The molecule has 0 N–H and O–H groups in total. The number of hydrogen-bond acceptors (Lipinski definition) is 3. The molecule has 1 aliphatic heterocycles. The van der Waals surface area contributed by atoms with Crippen molar-refractivity contribution in [3.63, 3.8) is 0 Å². The van der Waals surface area contributed by atoms with E-state index in [1.54, 1.807) is 0 Å². The van der Waals surface area contributed by atoms with Crippen LogP contribution in [-0.2, 0) is 0 Å². The molecule has 0 saturated carbocycles. The van der Waals surface area contributed by atoms with Gasteiger partial charge in [0.05, 0.1) is 0 Å². The van der Waals surface area contributed by atoms with Gasteiger partial charge in [0.2, 0.25) is 0 Å². The summed E-state index contributed by atoms with van der Waals surface area (Å²) in [7, 11) is -0.350. The third-order valence-electron chi connectivity index (χ3n) is 5.10. The van der Waals surface area contributed by atoms with E-state index in [4.69, 9.17) is 11.2 Å². The quantitative estimate of drug-likeness (QED) is 0.372. The van der Waals surface area contributed by atoms with E-state index < -0.39 is 5.95 Å². The van der Waals surface area contributed by atoms with E-state index in [1.165, 1.54) is 5.90 Å². The molecule has 1 heterocycles. The first-order valence-corrected chi connectivity index (χ1v) is 15.5. The van der Waals surface area contributed by atoms with Crippen molar-refractivity contribution in [2.24, 2.45) is 0 Å². The van der Waals surface area contributed by atoms with Crippen LogP contribution in [0.5, 0.6) is 0 Å². The molecule has 6 heteroatoms.